The zero-order chi connectivity index (χ0) is 24.2. The topological polar surface area (TPSA) is 97.4 Å². The Morgan fingerprint density at radius 2 is 1.67 bits per heavy atom. The summed E-state index contributed by atoms with van der Waals surface area (Å²) in [4.78, 5) is 16.4. The summed E-state index contributed by atoms with van der Waals surface area (Å²) in [5.41, 5.74) is 0.646. The van der Waals surface area contributed by atoms with Crippen molar-refractivity contribution in [1.29, 1.82) is 0 Å². The number of nitrogens with zero attached hydrogens (tertiary/aromatic N) is 2. The van der Waals surface area contributed by atoms with Gasteiger partial charge in [0.15, 0.2) is 11.5 Å². The zero-order valence-corrected chi connectivity index (χ0v) is 19.9. The van der Waals surface area contributed by atoms with E-state index in [9.17, 15) is 17.6 Å². The van der Waals surface area contributed by atoms with Crippen LogP contribution in [-0.2, 0) is 16.6 Å². The molecule has 0 aromatic heterocycles. The molecular weight excluding hydrogens is 453 g/mol. The Hall–Kier alpha value is -2.89. The number of hydrogen-bond acceptors (Lipinski definition) is 7. The molecule has 33 heavy (non-hydrogen) atoms. The van der Waals surface area contributed by atoms with Crippen molar-refractivity contribution in [1.82, 2.24) is 14.5 Å². The van der Waals surface area contributed by atoms with Gasteiger partial charge in [0, 0.05) is 38.3 Å². The van der Waals surface area contributed by atoms with Gasteiger partial charge in [-0.3, -0.25) is 9.69 Å². The second-order valence-electron chi connectivity index (χ2n) is 7.41. The number of nitrogens with one attached hydrogen (secondary N) is 1. The van der Waals surface area contributed by atoms with Crippen LogP contribution in [0.3, 0.4) is 0 Å². The van der Waals surface area contributed by atoms with E-state index < -0.39 is 21.7 Å². The highest BCUT2D eigenvalue weighted by atomic mass is 32.2. The van der Waals surface area contributed by atoms with Gasteiger partial charge in [0.25, 0.3) is 5.91 Å². The van der Waals surface area contributed by atoms with Crippen molar-refractivity contribution in [2.24, 2.45) is 0 Å². The fourth-order valence-corrected chi connectivity index (χ4v) is 4.52. The highest BCUT2D eigenvalue weighted by molar-refractivity contribution is 7.89. The molecule has 1 saturated heterocycles. The molecule has 0 atom stereocenters. The van der Waals surface area contributed by atoms with Gasteiger partial charge in [-0.1, -0.05) is 6.07 Å². The third-order valence-corrected chi connectivity index (χ3v) is 7.00. The summed E-state index contributed by atoms with van der Waals surface area (Å²) in [6.07, 6.45) is 0. The molecule has 1 N–H and O–H groups in total. The van der Waals surface area contributed by atoms with Gasteiger partial charge in [0.1, 0.15) is 5.82 Å². The minimum atomic E-state index is -3.79. The van der Waals surface area contributed by atoms with Crippen LogP contribution in [0.1, 0.15) is 15.9 Å². The van der Waals surface area contributed by atoms with Crippen molar-refractivity contribution >= 4 is 15.9 Å². The van der Waals surface area contributed by atoms with E-state index in [1.165, 1.54) is 11.9 Å². The summed E-state index contributed by atoms with van der Waals surface area (Å²) in [5, 5.41) is 0. The Balaban J connectivity index is 1.71. The van der Waals surface area contributed by atoms with Crippen LogP contribution in [0.5, 0.6) is 17.2 Å². The molecule has 0 saturated carbocycles. The Kier molecular flexibility index (Phi) is 7.77. The monoisotopic (exact) mass is 481 g/mol. The molecule has 1 fully saturated rings. The number of piperazine rings is 1. The summed E-state index contributed by atoms with van der Waals surface area (Å²) in [6, 6.07) is 6.92. The lowest BCUT2D eigenvalue weighted by molar-refractivity contribution is 0.0622. The Bertz CT molecular complexity index is 1120. The van der Waals surface area contributed by atoms with E-state index >= 15 is 0 Å². The number of amides is 1. The molecule has 9 nitrogen and oxygen atoms in total. The van der Waals surface area contributed by atoms with Gasteiger partial charge in [0.05, 0.1) is 31.8 Å². The largest absolute Gasteiger partial charge is 0.493 e. The van der Waals surface area contributed by atoms with Crippen LogP contribution >= 0.6 is 0 Å². The molecule has 0 unspecified atom stereocenters. The van der Waals surface area contributed by atoms with Gasteiger partial charge in [-0.2, -0.15) is 0 Å². The predicted molar refractivity (Wildman–Crippen MR) is 120 cm³/mol. The molecule has 1 amide bonds. The Morgan fingerprint density at radius 1 is 1.00 bits per heavy atom. The van der Waals surface area contributed by atoms with Crippen molar-refractivity contribution in [3.63, 3.8) is 0 Å². The zero-order valence-electron chi connectivity index (χ0n) is 19.1. The van der Waals surface area contributed by atoms with Crippen molar-refractivity contribution in [2.75, 3.05) is 54.6 Å². The fraction of sp³-hybridized carbons (Fsp3) is 0.409. The number of halogens is 1. The standard InChI is InChI=1S/C22H28FN3O6S/c1-24-33(28,29)16-6-7-18(23)17(13-16)22(27)26-11-9-25(10-12-26)14-15-5-8-19(30-2)21(32-4)20(15)31-3/h5-8,13,24H,9-12,14H2,1-4H3. The Morgan fingerprint density at radius 3 is 2.24 bits per heavy atom. The SMILES string of the molecule is CNS(=O)(=O)c1ccc(F)c(C(=O)N2CCN(Cc3ccc(OC)c(OC)c3OC)CC2)c1. The van der Waals surface area contributed by atoms with Crippen LogP contribution < -0.4 is 18.9 Å². The van der Waals surface area contributed by atoms with E-state index in [4.69, 9.17) is 14.2 Å². The molecule has 0 aliphatic carbocycles. The van der Waals surface area contributed by atoms with Gasteiger partial charge in [0.2, 0.25) is 15.8 Å². The summed E-state index contributed by atoms with van der Waals surface area (Å²) in [7, 11) is 2.13. The molecule has 2 aromatic rings. The maximum absolute atomic E-state index is 14.3. The van der Waals surface area contributed by atoms with Crippen molar-refractivity contribution in [3.8, 4) is 17.2 Å². The first-order chi connectivity index (χ1) is 15.7. The maximum Gasteiger partial charge on any atom is 0.256 e. The van der Waals surface area contributed by atoms with E-state index in [2.05, 4.69) is 9.62 Å². The third-order valence-electron chi connectivity index (χ3n) is 5.59. The summed E-state index contributed by atoms with van der Waals surface area (Å²) >= 11 is 0. The first-order valence-corrected chi connectivity index (χ1v) is 11.8. The maximum atomic E-state index is 14.3. The fourth-order valence-electron chi connectivity index (χ4n) is 3.76. The first kappa shape index (κ1) is 24.7. The number of sulfonamides is 1. The van der Waals surface area contributed by atoms with E-state index in [1.807, 2.05) is 12.1 Å². The average Bonchev–Trinajstić information content (AvgIpc) is 2.83. The van der Waals surface area contributed by atoms with Crippen LogP contribution in [0.2, 0.25) is 0 Å². The van der Waals surface area contributed by atoms with Crippen molar-refractivity contribution < 1.29 is 31.8 Å². The number of hydrogen-bond donors (Lipinski definition) is 1. The quantitative estimate of drug-likeness (QED) is 0.613. The number of methoxy groups -OCH3 is 3. The van der Waals surface area contributed by atoms with Gasteiger partial charge in [-0.15, -0.1) is 0 Å². The van der Waals surface area contributed by atoms with Crippen LogP contribution in [0.15, 0.2) is 35.2 Å². The van der Waals surface area contributed by atoms with Crippen LogP contribution in [0, 0.1) is 5.82 Å². The number of carbonyl (C=O) groups is 1. The molecule has 11 heteroatoms. The number of benzene rings is 2. The molecule has 0 bridgehead atoms. The summed E-state index contributed by atoms with van der Waals surface area (Å²) in [6.45, 7) is 2.42. The molecule has 2 aromatic carbocycles. The minimum absolute atomic E-state index is 0.158. The van der Waals surface area contributed by atoms with E-state index in [0.717, 1.165) is 23.8 Å². The summed E-state index contributed by atoms with van der Waals surface area (Å²) in [5.74, 6) is 0.368. The van der Waals surface area contributed by atoms with Crippen LogP contribution in [-0.4, -0.2) is 78.7 Å². The molecule has 3 rings (SSSR count). The first-order valence-electron chi connectivity index (χ1n) is 10.3. The molecule has 1 heterocycles. The van der Waals surface area contributed by atoms with E-state index in [-0.39, 0.29) is 10.5 Å². The van der Waals surface area contributed by atoms with Crippen molar-refractivity contribution in [2.45, 2.75) is 11.4 Å². The predicted octanol–water partition coefficient (Wildman–Crippen LogP) is 1.72. The Labute approximate surface area is 193 Å². The number of rotatable bonds is 8. The molecule has 1 aliphatic heterocycles. The van der Waals surface area contributed by atoms with Gasteiger partial charge >= 0.3 is 0 Å². The smallest absolute Gasteiger partial charge is 0.256 e. The van der Waals surface area contributed by atoms with E-state index in [1.54, 1.807) is 21.3 Å². The van der Waals surface area contributed by atoms with Gasteiger partial charge in [-0.05, 0) is 31.3 Å². The van der Waals surface area contributed by atoms with Gasteiger partial charge in [-0.25, -0.2) is 17.5 Å². The van der Waals surface area contributed by atoms with Gasteiger partial charge < -0.3 is 19.1 Å². The number of ether oxygens (including phenoxy) is 3. The van der Waals surface area contributed by atoms with Crippen LogP contribution in [0.25, 0.3) is 0 Å². The molecular formula is C22H28FN3O6S. The molecule has 1 aliphatic rings. The van der Waals surface area contributed by atoms with E-state index in [0.29, 0.717) is 50.0 Å². The lowest BCUT2D eigenvalue weighted by Gasteiger charge is -2.35. The minimum Gasteiger partial charge on any atom is -0.493 e. The second kappa shape index (κ2) is 10.4. The lowest BCUT2D eigenvalue weighted by atomic mass is 10.1. The highest BCUT2D eigenvalue weighted by Crippen LogP contribution is 2.40. The number of carbonyl (C=O) groups excluding carboxylic acids is 1. The molecule has 0 spiro atoms. The second-order valence-corrected chi connectivity index (χ2v) is 9.30. The molecule has 180 valence electrons. The summed E-state index contributed by atoms with van der Waals surface area (Å²) < 4.78 is 56.8. The third kappa shape index (κ3) is 5.21. The lowest BCUT2D eigenvalue weighted by Crippen LogP contribution is -2.48. The van der Waals surface area contributed by atoms with Crippen LogP contribution in [0.4, 0.5) is 4.39 Å². The van der Waals surface area contributed by atoms with Crippen molar-refractivity contribution in [3.05, 3.63) is 47.3 Å². The molecule has 0 radical (unpaired) electrons. The normalized spacial score (nSPS) is 14.8. The average molecular weight is 482 g/mol. The highest BCUT2D eigenvalue weighted by Gasteiger charge is 2.27.